The molecule has 3 heteroatoms. The second kappa shape index (κ2) is 4.31. The van der Waals surface area contributed by atoms with Crippen LogP contribution in [0.4, 0.5) is 5.69 Å². The summed E-state index contributed by atoms with van der Waals surface area (Å²) in [5, 5.41) is 0. The molecule has 1 aromatic carbocycles. The molecule has 0 aliphatic carbocycles. The molecular weight excluding hydrogens is 210 g/mol. The Morgan fingerprint density at radius 2 is 1.88 bits per heavy atom. The summed E-state index contributed by atoms with van der Waals surface area (Å²) >= 11 is 0. The fourth-order valence-electron chi connectivity index (χ4n) is 3.08. The van der Waals surface area contributed by atoms with Crippen molar-refractivity contribution in [1.29, 1.82) is 0 Å². The van der Waals surface area contributed by atoms with Crippen molar-refractivity contribution in [3.8, 4) is 0 Å². The Balaban J connectivity index is 1.75. The topological polar surface area (TPSA) is 27.3 Å². The normalized spacial score (nSPS) is 31.9. The number of fused-ring (bicyclic) bond motifs is 1. The first-order valence-electron chi connectivity index (χ1n) is 6.59. The van der Waals surface area contributed by atoms with Crippen molar-refractivity contribution in [1.82, 2.24) is 10.9 Å². The average Bonchev–Trinajstić information content (AvgIpc) is 2.88. The summed E-state index contributed by atoms with van der Waals surface area (Å²) in [6.45, 7) is 6.86. The summed E-state index contributed by atoms with van der Waals surface area (Å²) in [6.07, 6.45) is 1.20. The maximum absolute atomic E-state index is 3.34. The number of nitrogens with zero attached hydrogens (tertiary/aromatic N) is 1. The van der Waals surface area contributed by atoms with Gasteiger partial charge in [-0.2, -0.15) is 0 Å². The van der Waals surface area contributed by atoms with Gasteiger partial charge in [-0.15, -0.1) is 0 Å². The molecule has 2 heterocycles. The van der Waals surface area contributed by atoms with Gasteiger partial charge in [-0.05, 0) is 31.9 Å². The highest BCUT2D eigenvalue weighted by Crippen LogP contribution is 2.29. The van der Waals surface area contributed by atoms with Gasteiger partial charge in [0.05, 0.1) is 0 Å². The van der Waals surface area contributed by atoms with Gasteiger partial charge in [0.15, 0.2) is 0 Å². The standard InChI is InChI=1S/C14H21N3/c1-10-13(11(2)16-15-10)9-17-8-7-12-5-3-4-6-14(12)17/h3-6,10-11,13,15-16H,7-9H2,1-2H3. The van der Waals surface area contributed by atoms with Gasteiger partial charge in [-0.3, -0.25) is 10.9 Å². The number of benzene rings is 1. The molecule has 0 bridgehead atoms. The number of hydrogen-bond donors (Lipinski definition) is 2. The lowest BCUT2D eigenvalue weighted by atomic mass is 9.96. The van der Waals surface area contributed by atoms with E-state index < -0.39 is 0 Å². The number of hydrazine groups is 1. The maximum atomic E-state index is 3.34. The van der Waals surface area contributed by atoms with Crippen LogP contribution >= 0.6 is 0 Å². The van der Waals surface area contributed by atoms with Crippen LogP contribution in [0.2, 0.25) is 0 Å². The molecule has 0 amide bonds. The van der Waals surface area contributed by atoms with Crippen molar-refractivity contribution in [3.63, 3.8) is 0 Å². The van der Waals surface area contributed by atoms with Crippen LogP contribution < -0.4 is 15.8 Å². The molecule has 1 saturated heterocycles. The van der Waals surface area contributed by atoms with Gasteiger partial charge in [0.1, 0.15) is 0 Å². The monoisotopic (exact) mass is 231 g/mol. The Bertz CT molecular complexity index is 394. The summed E-state index contributed by atoms with van der Waals surface area (Å²) in [5.74, 6) is 0.682. The van der Waals surface area contributed by atoms with E-state index in [0.717, 1.165) is 6.54 Å². The smallest absolute Gasteiger partial charge is 0.0399 e. The Hall–Kier alpha value is -1.06. The number of hydrogen-bond acceptors (Lipinski definition) is 3. The average molecular weight is 231 g/mol. The molecule has 0 saturated carbocycles. The Morgan fingerprint density at radius 1 is 1.18 bits per heavy atom. The zero-order chi connectivity index (χ0) is 11.8. The molecule has 2 aliphatic rings. The second-order valence-corrected chi connectivity index (χ2v) is 5.35. The molecule has 0 spiro atoms. The molecule has 1 aromatic rings. The molecular formula is C14H21N3. The lowest BCUT2D eigenvalue weighted by molar-refractivity contribution is 0.442. The number of anilines is 1. The first kappa shape index (κ1) is 11.1. The third kappa shape index (κ3) is 1.94. The number of rotatable bonds is 2. The lowest BCUT2D eigenvalue weighted by Gasteiger charge is -2.27. The molecule has 3 rings (SSSR count). The zero-order valence-electron chi connectivity index (χ0n) is 10.6. The highest BCUT2D eigenvalue weighted by atomic mass is 15.4. The minimum absolute atomic E-state index is 0.553. The molecule has 2 unspecified atom stereocenters. The fraction of sp³-hybridized carbons (Fsp3) is 0.571. The SMILES string of the molecule is CC1NNC(C)C1CN1CCc2ccccc21. The van der Waals surface area contributed by atoms with Crippen LogP contribution in [-0.4, -0.2) is 25.2 Å². The molecule has 1 fully saturated rings. The first-order chi connectivity index (χ1) is 8.25. The molecule has 2 N–H and O–H groups in total. The van der Waals surface area contributed by atoms with E-state index in [-0.39, 0.29) is 0 Å². The van der Waals surface area contributed by atoms with E-state index in [1.165, 1.54) is 24.2 Å². The molecule has 2 aliphatic heterocycles. The van der Waals surface area contributed by atoms with Gasteiger partial charge in [0.2, 0.25) is 0 Å². The van der Waals surface area contributed by atoms with Crippen molar-refractivity contribution in [2.75, 3.05) is 18.0 Å². The van der Waals surface area contributed by atoms with Gasteiger partial charge < -0.3 is 4.90 Å². The largest absolute Gasteiger partial charge is 0.371 e. The van der Waals surface area contributed by atoms with Crippen LogP contribution in [0, 0.1) is 5.92 Å². The summed E-state index contributed by atoms with van der Waals surface area (Å²) in [4.78, 5) is 2.54. The summed E-state index contributed by atoms with van der Waals surface area (Å²) in [5.41, 5.74) is 9.63. The van der Waals surface area contributed by atoms with Crippen LogP contribution in [-0.2, 0) is 6.42 Å². The third-order valence-corrected chi connectivity index (χ3v) is 4.24. The first-order valence-corrected chi connectivity index (χ1v) is 6.59. The van der Waals surface area contributed by atoms with E-state index in [0.29, 0.717) is 18.0 Å². The van der Waals surface area contributed by atoms with Crippen molar-refractivity contribution in [3.05, 3.63) is 29.8 Å². The van der Waals surface area contributed by atoms with Gasteiger partial charge >= 0.3 is 0 Å². The van der Waals surface area contributed by atoms with E-state index in [2.05, 4.69) is 53.9 Å². The van der Waals surface area contributed by atoms with Crippen LogP contribution in [0.25, 0.3) is 0 Å². The molecule has 3 nitrogen and oxygen atoms in total. The van der Waals surface area contributed by atoms with E-state index in [1.807, 2.05) is 0 Å². The zero-order valence-corrected chi connectivity index (χ0v) is 10.6. The van der Waals surface area contributed by atoms with Crippen LogP contribution in [0.3, 0.4) is 0 Å². The van der Waals surface area contributed by atoms with Crippen molar-refractivity contribution in [2.45, 2.75) is 32.4 Å². The minimum atomic E-state index is 0.553. The Labute approximate surface area is 103 Å². The van der Waals surface area contributed by atoms with Crippen LogP contribution in [0.5, 0.6) is 0 Å². The number of para-hydroxylation sites is 1. The van der Waals surface area contributed by atoms with Crippen molar-refractivity contribution in [2.24, 2.45) is 5.92 Å². The van der Waals surface area contributed by atoms with Crippen LogP contribution in [0.15, 0.2) is 24.3 Å². The van der Waals surface area contributed by atoms with Gasteiger partial charge in [0.25, 0.3) is 0 Å². The third-order valence-electron chi connectivity index (χ3n) is 4.24. The molecule has 0 radical (unpaired) electrons. The van der Waals surface area contributed by atoms with E-state index in [1.54, 1.807) is 0 Å². The summed E-state index contributed by atoms with van der Waals surface area (Å²) < 4.78 is 0. The highest BCUT2D eigenvalue weighted by molar-refractivity contribution is 5.57. The van der Waals surface area contributed by atoms with Gasteiger partial charge in [-0.25, -0.2) is 0 Å². The molecule has 92 valence electrons. The van der Waals surface area contributed by atoms with E-state index in [9.17, 15) is 0 Å². The fourth-order valence-corrected chi connectivity index (χ4v) is 3.08. The Morgan fingerprint density at radius 3 is 2.65 bits per heavy atom. The lowest BCUT2D eigenvalue weighted by Crippen LogP contribution is -2.36. The molecule has 17 heavy (non-hydrogen) atoms. The molecule has 2 atom stereocenters. The molecule has 0 aromatic heterocycles. The van der Waals surface area contributed by atoms with Gasteiger partial charge in [0, 0.05) is 36.8 Å². The summed E-state index contributed by atoms with van der Waals surface area (Å²) in [6, 6.07) is 9.91. The predicted octanol–water partition coefficient (Wildman–Crippen LogP) is 1.55. The highest BCUT2D eigenvalue weighted by Gasteiger charge is 2.32. The van der Waals surface area contributed by atoms with Crippen molar-refractivity contribution < 1.29 is 0 Å². The minimum Gasteiger partial charge on any atom is -0.371 e. The second-order valence-electron chi connectivity index (χ2n) is 5.35. The van der Waals surface area contributed by atoms with Gasteiger partial charge in [-0.1, -0.05) is 18.2 Å². The predicted molar refractivity (Wildman–Crippen MR) is 71.0 cm³/mol. The van der Waals surface area contributed by atoms with Crippen LogP contribution in [0.1, 0.15) is 19.4 Å². The van der Waals surface area contributed by atoms with Crippen molar-refractivity contribution >= 4 is 5.69 Å². The Kier molecular flexibility index (Phi) is 2.81. The van der Waals surface area contributed by atoms with E-state index >= 15 is 0 Å². The number of nitrogens with one attached hydrogen (secondary N) is 2. The maximum Gasteiger partial charge on any atom is 0.0399 e. The quantitative estimate of drug-likeness (QED) is 0.808. The van der Waals surface area contributed by atoms with E-state index in [4.69, 9.17) is 0 Å². The summed E-state index contributed by atoms with van der Waals surface area (Å²) in [7, 11) is 0.